The molecule has 188 valence electrons. The number of fused-ring (bicyclic) bond motifs is 1. The number of rotatable bonds is 6. The molecule has 0 radical (unpaired) electrons. The smallest absolute Gasteiger partial charge is 0.139 e. The Labute approximate surface area is 222 Å². The van der Waals surface area contributed by atoms with Gasteiger partial charge in [0.2, 0.25) is 0 Å². The van der Waals surface area contributed by atoms with Gasteiger partial charge in [-0.2, -0.15) is 0 Å². The molecule has 3 aromatic carbocycles. The molecule has 1 aliphatic carbocycles. The molecule has 0 spiro atoms. The maximum atomic E-state index is 10.7. The summed E-state index contributed by atoms with van der Waals surface area (Å²) in [4.78, 5) is 10.4. The summed E-state index contributed by atoms with van der Waals surface area (Å²) in [6.07, 6.45) is 6.07. The number of aliphatic hydroxyl groups excluding tert-OH is 1. The molecule has 1 fully saturated rings. The molecule has 0 unspecified atom stereocenters. The van der Waals surface area contributed by atoms with Gasteiger partial charge in [0.05, 0.1) is 23.0 Å². The zero-order chi connectivity index (χ0) is 25.4. The first-order valence-electron chi connectivity index (χ1n) is 13.0. The summed E-state index contributed by atoms with van der Waals surface area (Å²) >= 11 is 6.59. The zero-order valence-electron chi connectivity index (χ0n) is 21.0. The van der Waals surface area contributed by atoms with E-state index in [4.69, 9.17) is 11.6 Å². The van der Waals surface area contributed by atoms with E-state index in [0.29, 0.717) is 10.8 Å². The average Bonchev–Trinajstić information content (AvgIpc) is 3.39. The quantitative estimate of drug-likeness (QED) is 0.231. The SMILES string of the molecule is C[C@@H](C(O)=C1CCC1)N1CCc2c(cccc2Nc2ccc(Cl)c(-c3ncc(-c4ccccc4)[nH]3)c2)C1. The Balaban J connectivity index is 1.23. The predicted molar refractivity (Wildman–Crippen MR) is 151 cm³/mol. The van der Waals surface area contributed by atoms with Crippen molar-refractivity contribution in [1.29, 1.82) is 0 Å². The topological polar surface area (TPSA) is 64.2 Å². The van der Waals surface area contributed by atoms with Crippen molar-refractivity contribution in [3.63, 3.8) is 0 Å². The van der Waals surface area contributed by atoms with E-state index in [2.05, 4.69) is 63.5 Å². The predicted octanol–water partition coefficient (Wildman–Crippen LogP) is 7.88. The summed E-state index contributed by atoms with van der Waals surface area (Å²) in [5, 5.41) is 15.0. The van der Waals surface area contributed by atoms with Gasteiger partial charge in [-0.3, -0.25) is 4.90 Å². The molecule has 1 aromatic heterocycles. The number of imidazole rings is 1. The van der Waals surface area contributed by atoms with E-state index in [1.165, 1.54) is 23.1 Å². The fraction of sp³-hybridized carbons (Fsp3) is 0.258. The minimum Gasteiger partial charge on any atom is -0.511 e. The van der Waals surface area contributed by atoms with Crippen molar-refractivity contribution in [3.8, 4) is 22.6 Å². The van der Waals surface area contributed by atoms with Crippen molar-refractivity contribution in [3.05, 3.63) is 100 Å². The molecule has 6 rings (SSSR count). The molecule has 4 aromatic rings. The van der Waals surface area contributed by atoms with Gasteiger partial charge < -0.3 is 15.4 Å². The number of H-pyrrole nitrogens is 1. The fourth-order valence-electron chi connectivity index (χ4n) is 5.32. The van der Waals surface area contributed by atoms with Crippen LogP contribution in [0, 0.1) is 0 Å². The van der Waals surface area contributed by atoms with Crippen LogP contribution in [0.4, 0.5) is 11.4 Å². The second-order valence-corrected chi connectivity index (χ2v) is 10.4. The van der Waals surface area contributed by atoms with Crippen LogP contribution < -0.4 is 5.32 Å². The maximum Gasteiger partial charge on any atom is 0.139 e. The first-order valence-corrected chi connectivity index (χ1v) is 13.4. The molecule has 1 atom stereocenters. The van der Waals surface area contributed by atoms with Gasteiger partial charge in [0.15, 0.2) is 0 Å². The van der Waals surface area contributed by atoms with Crippen molar-refractivity contribution >= 4 is 23.0 Å². The van der Waals surface area contributed by atoms with Crippen molar-refractivity contribution in [2.75, 3.05) is 11.9 Å². The second kappa shape index (κ2) is 10.1. The van der Waals surface area contributed by atoms with E-state index in [1.807, 2.05) is 36.5 Å². The third-order valence-corrected chi connectivity index (χ3v) is 8.05. The van der Waals surface area contributed by atoms with Crippen LogP contribution >= 0.6 is 11.6 Å². The Morgan fingerprint density at radius 3 is 2.68 bits per heavy atom. The number of hydrogen-bond acceptors (Lipinski definition) is 4. The van der Waals surface area contributed by atoms with Gasteiger partial charge in [-0.05, 0) is 79.1 Å². The van der Waals surface area contributed by atoms with E-state index in [-0.39, 0.29) is 6.04 Å². The molecule has 0 bridgehead atoms. The Bertz CT molecular complexity index is 1450. The van der Waals surface area contributed by atoms with E-state index in [1.54, 1.807) is 0 Å². The molecule has 3 N–H and O–H groups in total. The van der Waals surface area contributed by atoms with Crippen molar-refractivity contribution in [2.24, 2.45) is 0 Å². The van der Waals surface area contributed by atoms with Crippen LogP contribution in [0.5, 0.6) is 0 Å². The largest absolute Gasteiger partial charge is 0.511 e. The molecule has 6 heteroatoms. The summed E-state index contributed by atoms with van der Waals surface area (Å²) in [6, 6.07) is 22.6. The van der Waals surface area contributed by atoms with Crippen molar-refractivity contribution in [1.82, 2.24) is 14.9 Å². The molecular weight excluding hydrogens is 480 g/mol. The lowest BCUT2D eigenvalue weighted by atomic mass is 9.88. The third kappa shape index (κ3) is 4.77. The van der Waals surface area contributed by atoms with Gasteiger partial charge >= 0.3 is 0 Å². The number of nitrogens with one attached hydrogen (secondary N) is 2. The van der Waals surface area contributed by atoms with E-state index < -0.39 is 0 Å². The number of nitrogens with zero attached hydrogens (tertiary/aromatic N) is 2. The molecule has 0 saturated heterocycles. The van der Waals surface area contributed by atoms with Crippen LogP contribution in [-0.2, 0) is 13.0 Å². The van der Waals surface area contributed by atoms with Crippen LogP contribution in [-0.4, -0.2) is 32.6 Å². The Morgan fingerprint density at radius 1 is 1.05 bits per heavy atom. The monoisotopic (exact) mass is 510 g/mol. The highest BCUT2D eigenvalue weighted by atomic mass is 35.5. The van der Waals surface area contributed by atoms with E-state index in [9.17, 15) is 5.11 Å². The Hall–Kier alpha value is -3.54. The van der Waals surface area contributed by atoms with Crippen LogP contribution in [0.25, 0.3) is 22.6 Å². The number of halogens is 1. The second-order valence-electron chi connectivity index (χ2n) is 10.0. The maximum absolute atomic E-state index is 10.7. The summed E-state index contributed by atoms with van der Waals surface area (Å²) < 4.78 is 0. The lowest BCUT2D eigenvalue weighted by Crippen LogP contribution is -2.39. The summed E-state index contributed by atoms with van der Waals surface area (Å²) in [6.45, 7) is 3.88. The normalized spacial score (nSPS) is 16.1. The minimum absolute atomic E-state index is 0.0629. The number of aromatic amines is 1. The number of aromatic nitrogens is 2. The van der Waals surface area contributed by atoms with E-state index in [0.717, 1.165) is 66.4 Å². The van der Waals surface area contributed by atoms with Crippen molar-refractivity contribution in [2.45, 2.75) is 45.2 Å². The Morgan fingerprint density at radius 2 is 1.89 bits per heavy atom. The van der Waals surface area contributed by atoms with Gasteiger partial charge in [0, 0.05) is 30.0 Å². The van der Waals surface area contributed by atoms with Gasteiger partial charge in [-0.15, -0.1) is 0 Å². The highest BCUT2D eigenvalue weighted by Crippen LogP contribution is 2.35. The van der Waals surface area contributed by atoms with Crippen LogP contribution in [0.1, 0.15) is 37.3 Å². The number of allylic oxidation sites excluding steroid dienone is 1. The first kappa shape index (κ1) is 23.8. The molecule has 37 heavy (non-hydrogen) atoms. The standard InChI is InChI=1S/C31H31ClN4O/c1-20(30(37)22-9-5-10-22)36-16-15-25-23(19-36)11-6-12-28(25)34-24-13-14-27(32)26(17-24)31-33-18-29(35-31)21-7-3-2-4-8-21/h2-4,6-8,11-14,17-18,20,34,37H,5,9-10,15-16,19H2,1H3,(H,33,35)/t20-/m0/s1. The van der Waals surface area contributed by atoms with Gasteiger partial charge in [-0.25, -0.2) is 4.98 Å². The molecule has 2 aliphatic rings. The molecular formula is C31H31ClN4O. The van der Waals surface area contributed by atoms with Crippen LogP contribution in [0.3, 0.4) is 0 Å². The van der Waals surface area contributed by atoms with Crippen LogP contribution in [0.15, 0.2) is 84.3 Å². The van der Waals surface area contributed by atoms with Gasteiger partial charge in [0.1, 0.15) is 11.6 Å². The summed E-state index contributed by atoms with van der Waals surface area (Å²) in [7, 11) is 0. The highest BCUT2D eigenvalue weighted by Gasteiger charge is 2.27. The van der Waals surface area contributed by atoms with Crippen molar-refractivity contribution < 1.29 is 5.11 Å². The molecule has 1 aliphatic heterocycles. The number of anilines is 2. The molecule has 5 nitrogen and oxygen atoms in total. The number of benzene rings is 3. The fourth-order valence-corrected chi connectivity index (χ4v) is 5.53. The number of aliphatic hydroxyl groups is 1. The molecule has 2 heterocycles. The lowest BCUT2D eigenvalue weighted by Gasteiger charge is -2.35. The lowest BCUT2D eigenvalue weighted by molar-refractivity contribution is 0.166. The highest BCUT2D eigenvalue weighted by molar-refractivity contribution is 6.33. The first-order chi connectivity index (χ1) is 18.1. The third-order valence-electron chi connectivity index (χ3n) is 7.72. The Kier molecular flexibility index (Phi) is 6.49. The minimum atomic E-state index is 0.0629. The number of hydrogen-bond donors (Lipinski definition) is 3. The van der Waals surface area contributed by atoms with Gasteiger partial charge in [-0.1, -0.05) is 54.1 Å². The average molecular weight is 511 g/mol. The van der Waals surface area contributed by atoms with Crippen LogP contribution in [0.2, 0.25) is 5.02 Å². The molecule has 0 amide bonds. The summed E-state index contributed by atoms with van der Waals surface area (Å²) in [5.41, 5.74) is 8.86. The zero-order valence-corrected chi connectivity index (χ0v) is 21.7. The van der Waals surface area contributed by atoms with Gasteiger partial charge in [0.25, 0.3) is 0 Å². The van der Waals surface area contributed by atoms with E-state index >= 15 is 0 Å². The summed E-state index contributed by atoms with van der Waals surface area (Å²) in [5.74, 6) is 1.33. The molecule has 1 saturated carbocycles.